The summed E-state index contributed by atoms with van der Waals surface area (Å²) in [7, 11) is 3.61. The van der Waals surface area contributed by atoms with Gasteiger partial charge in [0.1, 0.15) is 18.7 Å². The summed E-state index contributed by atoms with van der Waals surface area (Å²) in [6.07, 6.45) is -2.30. The minimum Gasteiger partial charge on any atom is -0.504 e. The first kappa shape index (κ1) is 39.1. The third-order valence-corrected chi connectivity index (χ3v) is 11.1. The molecule has 1 aliphatic heterocycles. The molecule has 4 heterocycles. The number of aryl methyl sites for hydroxylation is 1. The standard InChI is InChI=1S/C37H35Cl2F4N9O4/c1-18-14-36(7-9-50(10-8-36)34(56)29-31(54)19(2)44-17-45-29)28-30(18)51(16-27(53)46-26-6-5-21(12-24(26)39)37(41,42)43)35-47-32(48-52(35)33(28)55)22-13-23(38)20(11-25(22)40)15-49(3)4/h5-6,11-13,17-18,54H,7-10,14-16H2,1-4H3,(H,46,53). The second kappa shape index (κ2) is 14.4. The van der Waals surface area contributed by atoms with E-state index in [0.717, 1.165) is 16.6 Å². The van der Waals surface area contributed by atoms with Crippen molar-refractivity contribution in [1.82, 2.24) is 38.9 Å². The van der Waals surface area contributed by atoms with Crippen molar-refractivity contribution in [2.45, 2.75) is 63.7 Å². The van der Waals surface area contributed by atoms with Crippen molar-refractivity contribution < 1.29 is 32.3 Å². The molecular formula is C37H35Cl2F4N9O4. The van der Waals surface area contributed by atoms with Gasteiger partial charge in [-0.15, -0.1) is 5.10 Å². The number of alkyl halides is 3. The summed E-state index contributed by atoms with van der Waals surface area (Å²) in [4.78, 5) is 57.6. The van der Waals surface area contributed by atoms with Gasteiger partial charge >= 0.3 is 6.18 Å². The lowest BCUT2D eigenvalue weighted by Gasteiger charge is -2.39. The predicted molar refractivity (Wildman–Crippen MR) is 198 cm³/mol. The lowest BCUT2D eigenvalue weighted by atomic mass is 9.73. The van der Waals surface area contributed by atoms with Gasteiger partial charge in [0.05, 0.1) is 27.5 Å². The average Bonchev–Trinajstić information content (AvgIpc) is 3.69. The van der Waals surface area contributed by atoms with Crippen LogP contribution < -0.4 is 10.9 Å². The van der Waals surface area contributed by atoms with Crippen LogP contribution in [0, 0.1) is 12.7 Å². The number of halogens is 6. The molecule has 1 unspecified atom stereocenters. The fourth-order valence-electron chi connectivity index (χ4n) is 7.85. The number of hydrogen-bond acceptors (Lipinski definition) is 9. The first-order valence-corrected chi connectivity index (χ1v) is 18.3. The first-order valence-electron chi connectivity index (χ1n) is 17.5. The van der Waals surface area contributed by atoms with Crippen LogP contribution in [-0.2, 0) is 29.5 Å². The van der Waals surface area contributed by atoms with Gasteiger partial charge in [0, 0.05) is 41.3 Å². The number of aromatic nitrogens is 6. The van der Waals surface area contributed by atoms with Gasteiger partial charge < -0.3 is 24.8 Å². The Bertz CT molecular complexity index is 2480. The Morgan fingerprint density at radius 1 is 1.09 bits per heavy atom. The number of anilines is 1. The summed E-state index contributed by atoms with van der Waals surface area (Å²) < 4.78 is 58.1. The van der Waals surface area contributed by atoms with Crippen molar-refractivity contribution in [3.8, 4) is 17.1 Å². The van der Waals surface area contributed by atoms with E-state index in [0.29, 0.717) is 48.7 Å². The molecule has 1 atom stereocenters. The molecule has 0 bridgehead atoms. The SMILES string of the molecule is Cc1ncnc(C(=O)N2CCC3(CC2)CC(C)c2c3c(=O)n3nc(-c4cc(Cl)c(CN(C)C)cc4F)nc3n2CC(=O)Nc2ccc(C(F)(F)F)cc2Cl)c1O. The van der Waals surface area contributed by atoms with Crippen molar-refractivity contribution in [2.24, 2.45) is 0 Å². The number of piperidine rings is 1. The fourth-order valence-corrected chi connectivity index (χ4v) is 8.30. The van der Waals surface area contributed by atoms with Crippen LogP contribution in [0.2, 0.25) is 10.0 Å². The number of aromatic hydroxyl groups is 1. The van der Waals surface area contributed by atoms with E-state index in [9.17, 15) is 32.7 Å². The molecule has 2 aromatic carbocycles. The van der Waals surface area contributed by atoms with Crippen molar-refractivity contribution in [3.63, 3.8) is 0 Å². The van der Waals surface area contributed by atoms with Gasteiger partial charge in [-0.05, 0) is 82.1 Å². The number of benzene rings is 2. The zero-order chi connectivity index (χ0) is 40.4. The Morgan fingerprint density at radius 2 is 1.80 bits per heavy atom. The third-order valence-electron chi connectivity index (χ3n) is 10.4. The quantitative estimate of drug-likeness (QED) is 0.183. The molecule has 2 N–H and O–H groups in total. The molecule has 56 heavy (non-hydrogen) atoms. The van der Waals surface area contributed by atoms with Crippen molar-refractivity contribution in [2.75, 3.05) is 32.5 Å². The summed E-state index contributed by atoms with van der Waals surface area (Å²) in [5.41, 5.74) is -0.950. The van der Waals surface area contributed by atoms with E-state index < -0.39 is 46.9 Å². The van der Waals surface area contributed by atoms with Gasteiger partial charge in [0.2, 0.25) is 11.7 Å². The van der Waals surface area contributed by atoms with Crippen molar-refractivity contribution in [1.29, 1.82) is 0 Å². The normalized spacial score (nSPS) is 16.6. The Morgan fingerprint density at radius 3 is 2.46 bits per heavy atom. The molecule has 1 aliphatic carbocycles. The van der Waals surface area contributed by atoms with E-state index in [4.69, 9.17) is 23.2 Å². The Labute approximate surface area is 326 Å². The molecule has 3 aromatic heterocycles. The number of hydrogen-bond donors (Lipinski definition) is 2. The molecule has 1 fully saturated rings. The van der Waals surface area contributed by atoms with Gasteiger partial charge in [-0.25, -0.2) is 14.4 Å². The number of likely N-dealkylation sites (tertiary alicyclic amines) is 1. The van der Waals surface area contributed by atoms with Gasteiger partial charge in [0.25, 0.3) is 11.5 Å². The minimum atomic E-state index is -4.65. The smallest absolute Gasteiger partial charge is 0.416 e. The predicted octanol–water partition coefficient (Wildman–Crippen LogP) is 6.21. The topological polar surface area (TPSA) is 151 Å². The zero-order valence-electron chi connectivity index (χ0n) is 30.5. The number of fused-ring (bicyclic) bond motifs is 3. The molecule has 1 saturated heterocycles. The fraction of sp³-hybridized carbons (Fsp3) is 0.378. The van der Waals surface area contributed by atoms with Crippen molar-refractivity contribution >= 4 is 46.5 Å². The second-order valence-corrected chi connectivity index (χ2v) is 15.3. The Balaban J connectivity index is 1.31. The van der Waals surface area contributed by atoms with Crippen LogP contribution in [0.3, 0.4) is 0 Å². The first-order chi connectivity index (χ1) is 26.4. The van der Waals surface area contributed by atoms with Gasteiger partial charge in [-0.3, -0.25) is 14.4 Å². The van der Waals surface area contributed by atoms with Gasteiger partial charge in [0.15, 0.2) is 17.3 Å². The number of nitrogens with one attached hydrogen (secondary N) is 1. The molecule has 2 amide bonds. The molecule has 294 valence electrons. The molecule has 13 nitrogen and oxygen atoms in total. The highest BCUT2D eigenvalue weighted by Gasteiger charge is 2.49. The monoisotopic (exact) mass is 815 g/mol. The van der Waals surface area contributed by atoms with Crippen LogP contribution >= 0.6 is 23.2 Å². The molecule has 1 spiro atoms. The molecule has 0 saturated carbocycles. The second-order valence-electron chi connectivity index (χ2n) is 14.5. The molecule has 0 radical (unpaired) electrons. The van der Waals surface area contributed by atoms with E-state index in [1.807, 2.05) is 11.8 Å². The molecule has 5 aromatic rings. The Kier molecular flexibility index (Phi) is 10.1. The summed E-state index contributed by atoms with van der Waals surface area (Å²) in [6, 6.07) is 5.19. The maximum Gasteiger partial charge on any atom is 0.416 e. The van der Waals surface area contributed by atoms with Gasteiger partial charge in [-0.1, -0.05) is 30.1 Å². The van der Waals surface area contributed by atoms with Crippen LogP contribution in [0.5, 0.6) is 5.75 Å². The van der Waals surface area contributed by atoms with E-state index in [2.05, 4.69) is 25.4 Å². The van der Waals surface area contributed by atoms with Crippen LogP contribution in [-0.4, -0.2) is 83.0 Å². The number of amides is 2. The van der Waals surface area contributed by atoms with Crippen molar-refractivity contribution in [3.05, 3.63) is 96.6 Å². The lowest BCUT2D eigenvalue weighted by molar-refractivity contribution is -0.137. The lowest BCUT2D eigenvalue weighted by Crippen LogP contribution is -2.46. The largest absolute Gasteiger partial charge is 0.504 e. The highest BCUT2D eigenvalue weighted by Crippen LogP contribution is 2.50. The summed E-state index contributed by atoms with van der Waals surface area (Å²) in [5.74, 6) is -2.74. The van der Waals surface area contributed by atoms with E-state index in [1.165, 1.54) is 23.0 Å². The summed E-state index contributed by atoms with van der Waals surface area (Å²) in [6.45, 7) is 3.76. The summed E-state index contributed by atoms with van der Waals surface area (Å²) >= 11 is 12.7. The average molecular weight is 817 g/mol. The number of rotatable bonds is 7. The molecule has 19 heteroatoms. The maximum atomic E-state index is 15.7. The maximum absolute atomic E-state index is 15.7. The number of carbonyl (C=O) groups is 2. The van der Waals surface area contributed by atoms with Crippen LogP contribution in [0.15, 0.2) is 41.5 Å². The van der Waals surface area contributed by atoms with Crippen LogP contribution in [0.1, 0.15) is 70.7 Å². The molecule has 7 rings (SSSR count). The highest BCUT2D eigenvalue weighted by atomic mass is 35.5. The third kappa shape index (κ3) is 6.96. The van der Waals surface area contributed by atoms with E-state index in [1.54, 1.807) is 25.9 Å². The van der Waals surface area contributed by atoms with E-state index in [-0.39, 0.29) is 69.0 Å². The number of nitrogens with zero attached hydrogens (tertiary/aromatic N) is 8. The van der Waals surface area contributed by atoms with E-state index >= 15 is 4.39 Å². The Hall–Kier alpha value is -5.13. The van der Waals surface area contributed by atoms with Crippen LogP contribution in [0.4, 0.5) is 23.2 Å². The summed E-state index contributed by atoms with van der Waals surface area (Å²) in [5, 5.41) is 17.4. The van der Waals surface area contributed by atoms with Gasteiger partial charge in [-0.2, -0.15) is 22.7 Å². The minimum absolute atomic E-state index is 0.0680. The van der Waals surface area contributed by atoms with Crippen LogP contribution in [0.25, 0.3) is 17.2 Å². The molecular weight excluding hydrogens is 781 g/mol. The highest BCUT2D eigenvalue weighted by molar-refractivity contribution is 6.33. The zero-order valence-corrected chi connectivity index (χ0v) is 32.0. The molecule has 2 aliphatic rings. The number of carbonyl (C=O) groups excluding carboxylic acids is 2.